The number of sulfonamides is 1. The third kappa shape index (κ3) is 5.57. The Morgan fingerprint density at radius 1 is 1.19 bits per heavy atom. The van der Waals surface area contributed by atoms with Crippen LogP contribution < -0.4 is 10.5 Å². The van der Waals surface area contributed by atoms with Gasteiger partial charge in [0.25, 0.3) is 11.6 Å². The number of hydrogen-bond donors (Lipinski definition) is 2. The van der Waals surface area contributed by atoms with E-state index in [1.807, 2.05) is 13.8 Å². The lowest BCUT2D eigenvalue weighted by Crippen LogP contribution is -2.48. The minimum absolute atomic E-state index is 0.0223. The Morgan fingerprint density at radius 2 is 1.81 bits per heavy atom. The molecule has 0 aliphatic carbocycles. The molecule has 2 atom stereocenters. The molecule has 1 aliphatic rings. The number of nitro benzene ring substituents is 1. The summed E-state index contributed by atoms with van der Waals surface area (Å²) < 4.78 is 29.3. The first-order valence-corrected chi connectivity index (χ1v) is 11.2. The van der Waals surface area contributed by atoms with Crippen molar-refractivity contribution in [3.63, 3.8) is 0 Å². The molecule has 2 aromatic rings. The summed E-state index contributed by atoms with van der Waals surface area (Å²) in [6.07, 6.45) is -0.0446. The van der Waals surface area contributed by atoms with Crippen LogP contribution in [-0.4, -0.2) is 49.4 Å². The number of non-ortho nitro benzene ring substituents is 1. The van der Waals surface area contributed by atoms with Crippen molar-refractivity contribution >= 4 is 27.3 Å². The minimum atomic E-state index is -4.16. The number of nitro groups is 1. The summed E-state index contributed by atoms with van der Waals surface area (Å²) in [5.74, 6) is -0.0756. The van der Waals surface area contributed by atoms with Crippen molar-refractivity contribution in [3.8, 4) is 0 Å². The molecule has 11 heteroatoms. The highest BCUT2D eigenvalue weighted by Gasteiger charge is 2.26. The Labute approximate surface area is 180 Å². The van der Waals surface area contributed by atoms with Crippen LogP contribution in [0.1, 0.15) is 29.8 Å². The monoisotopic (exact) mass is 448 g/mol. The average Bonchev–Trinajstić information content (AvgIpc) is 2.70. The van der Waals surface area contributed by atoms with Crippen molar-refractivity contribution in [2.45, 2.75) is 37.5 Å². The Hall–Kier alpha value is -3.02. The molecule has 3 rings (SSSR count). The maximum atomic E-state index is 12.7. The number of nitrogens with one attached hydrogen (secondary N) is 1. The molecule has 0 radical (unpaired) electrons. The highest BCUT2D eigenvalue weighted by Crippen LogP contribution is 2.26. The van der Waals surface area contributed by atoms with E-state index in [2.05, 4.69) is 5.32 Å². The molecular weight excluding hydrogens is 424 g/mol. The van der Waals surface area contributed by atoms with Gasteiger partial charge in [-0.2, -0.15) is 0 Å². The second kappa shape index (κ2) is 9.00. The first-order valence-electron chi connectivity index (χ1n) is 9.63. The Kier molecular flexibility index (Phi) is 6.58. The van der Waals surface area contributed by atoms with Crippen LogP contribution in [0.2, 0.25) is 0 Å². The SMILES string of the molecule is CC1CN(C(=O)c2ccc(CNc3ccc([N+](=O)[O-])cc3S(N)(=O)=O)cc2)CC(C)O1. The van der Waals surface area contributed by atoms with Gasteiger partial charge in [0.2, 0.25) is 10.0 Å². The van der Waals surface area contributed by atoms with Gasteiger partial charge in [-0.25, -0.2) is 13.6 Å². The topological polar surface area (TPSA) is 145 Å². The number of amides is 1. The first kappa shape index (κ1) is 22.7. The summed E-state index contributed by atoms with van der Waals surface area (Å²) >= 11 is 0. The zero-order valence-corrected chi connectivity index (χ0v) is 18.0. The molecule has 1 heterocycles. The van der Waals surface area contributed by atoms with Crippen molar-refractivity contribution in [3.05, 3.63) is 63.7 Å². The number of benzene rings is 2. The zero-order valence-electron chi connectivity index (χ0n) is 17.1. The van der Waals surface area contributed by atoms with Crippen molar-refractivity contribution in [2.24, 2.45) is 5.14 Å². The fourth-order valence-corrected chi connectivity index (χ4v) is 4.23. The van der Waals surface area contributed by atoms with Crippen LogP contribution in [0.25, 0.3) is 0 Å². The molecule has 0 bridgehead atoms. The van der Waals surface area contributed by atoms with Crippen LogP contribution in [0, 0.1) is 10.1 Å². The molecule has 1 amide bonds. The van der Waals surface area contributed by atoms with Crippen molar-refractivity contribution in [1.29, 1.82) is 0 Å². The molecule has 1 aliphatic heterocycles. The number of carbonyl (C=O) groups is 1. The van der Waals surface area contributed by atoms with E-state index in [9.17, 15) is 23.3 Å². The highest BCUT2D eigenvalue weighted by molar-refractivity contribution is 7.89. The maximum Gasteiger partial charge on any atom is 0.270 e. The van der Waals surface area contributed by atoms with Gasteiger partial charge >= 0.3 is 0 Å². The zero-order chi connectivity index (χ0) is 22.8. The summed E-state index contributed by atoms with van der Waals surface area (Å²) in [5, 5.41) is 19.0. The van der Waals surface area contributed by atoms with E-state index in [1.165, 1.54) is 12.1 Å². The number of ether oxygens (including phenoxy) is 1. The molecule has 10 nitrogen and oxygen atoms in total. The third-order valence-corrected chi connectivity index (χ3v) is 5.82. The van der Waals surface area contributed by atoms with Gasteiger partial charge in [-0.3, -0.25) is 14.9 Å². The number of nitrogens with two attached hydrogens (primary N) is 1. The molecule has 31 heavy (non-hydrogen) atoms. The Balaban J connectivity index is 1.71. The summed E-state index contributed by atoms with van der Waals surface area (Å²) in [5.41, 5.74) is 1.12. The summed E-state index contributed by atoms with van der Waals surface area (Å²) in [4.78, 5) is 24.4. The summed E-state index contributed by atoms with van der Waals surface area (Å²) in [6.45, 7) is 5.16. The van der Waals surface area contributed by atoms with E-state index in [0.717, 1.165) is 11.6 Å². The molecule has 2 unspecified atom stereocenters. The summed E-state index contributed by atoms with van der Waals surface area (Å²) in [7, 11) is -4.16. The number of rotatable bonds is 6. The number of hydrogen-bond acceptors (Lipinski definition) is 7. The largest absolute Gasteiger partial charge is 0.380 e. The van der Waals surface area contributed by atoms with Gasteiger partial charge in [0, 0.05) is 37.3 Å². The van der Waals surface area contributed by atoms with Crippen molar-refractivity contribution in [1.82, 2.24) is 4.90 Å². The van der Waals surface area contributed by atoms with Crippen LogP contribution in [0.5, 0.6) is 0 Å². The van der Waals surface area contributed by atoms with Crippen LogP contribution >= 0.6 is 0 Å². The normalized spacial score (nSPS) is 19.1. The van der Waals surface area contributed by atoms with E-state index in [4.69, 9.17) is 9.88 Å². The first-order chi connectivity index (χ1) is 14.5. The van der Waals surface area contributed by atoms with E-state index < -0.39 is 14.9 Å². The lowest BCUT2D eigenvalue weighted by atomic mass is 10.1. The van der Waals surface area contributed by atoms with Crippen LogP contribution in [0.3, 0.4) is 0 Å². The second-order valence-corrected chi connectivity index (χ2v) is 9.03. The lowest BCUT2D eigenvalue weighted by molar-refractivity contribution is -0.385. The van der Waals surface area contributed by atoms with Gasteiger partial charge in [0.05, 0.1) is 22.8 Å². The number of nitrogens with zero attached hydrogens (tertiary/aromatic N) is 2. The smallest absolute Gasteiger partial charge is 0.270 e. The number of primary sulfonamides is 1. The quantitative estimate of drug-likeness (QED) is 0.508. The summed E-state index contributed by atoms with van der Waals surface area (Å²) in [6, 6.07) is 10.4. The van der Waals surface area contributed by atoms with Crippen LogP contribution in [0.15, 0.2) is 47.4 Å². The number of anilines is 1. The second-order valence-electron chi connectivity index (χ2n) is 7.50. The third-order valence-electron chi connectivity index (χ3n) is 4.87. The van der Waals surface area contributed by atoms with E-state index in [1.54, 1.807) is 29.2 Å². The van der Waals surface area contributed by atoms with Gasteiger partial charge < -0.3 is 15.0 Å². The average molecular weight is 449 g/mol. The fraction of sp³-hybridized carbons (Fsp3) is 0.350. The van der Waals surface area contributed by atoms with Crippen molar-refractivity contribution in [2.75, 3.05) is 18.4 Å². The van der Waals surface area contributed by atoms with Crippen molar-refractivity contribution < 1.29 is 22.9 Å². The Morgan fingerprint density at radius 3 is 2.35 bits per heavy atom. The minimum Gasteiger partial charge on any atom is -0.380 e. The van der Waals surface area contributed by atoms with E-state index in [0.29, 0.717) is 18.7 Å². The van der Waals surface area contributed by atoms with Gasteiger partial charge in [0.1, 0.15) is 4.90 Å². The predicted molar refractivity (Wildman–Crippen MR) is 114 cm³/mol. The molecule has 2 aromatic carbocycles. The molecule has 0 saturated carbocycles. The fourth-order valence-electron chi connectivity index (χ4n) is 3.49. The van der Waals surface area contributed by atoms with Gasteiger partial charge in [-0.15, -0.1) is 0 Å². The van der Waals surface area contributed by atoms with Crippen LogP contribution in [0.4, 0.5) is 11.4 Å². The standard InChI is InChI=1S/C20H24N4O6S/c1-13-11-23(12-14(2)30-13)20(25)16-5-3-15(4-6-16)10-22-18-8-7-17(24(26)27)9-19(18)31(21,28)29/h3-9,13-14,22H,10-12H2,1-2H3,(H2,21,28,29). The van der Waals surface area contributed by atoms with Gasteiger partial charge in [0.15, 0.2) is 0 Å². The molecule has 166 valence electrons. The number of morpholine rings is 1. The molecular formula is C20H24N4O6S. The molecule has 0 aromatic heterocycles. The van der Waals surface area contributed by atoms with Gasteiger partial charge in [-0.05, 0) is 37.6 Å². The molecule has 0 spiro atoms. The maximum absolute atomic E-state index is 12.7. The lowest BCUT2D eigenvalue weighted by Gasteiger charge is -2.35. The van der Waals surface area contributed by atoms with E-state index in [-0.39, 0.29) is 40.9 Å². The van der Waals surface area contributed by atoms with Crippen LogP contribution in [-0.2, 0) is 21.3 Å². The molecule has 1 fully saturated rings. The van der Waals surface area contributed by atoms with Gasteiger partial charge in [-0.1, -0.05) is 12.1 Å². The molecule has 1 saturated heterocycles. The highest BCUT2D eigenvalue weighted by atomic mass is 32.2. The molecule has 3 N–H and O–H groups in total. The predicted octanol–water partition coefficient (Wildman–Crippen LogP) is 2.10. The van der Waals surface area contributed by atoms with E-state index >= 15 is 0 Å². The Bertz CT molecular complexity index is 1080. The number of carbonyl (C=O) groups excluding carboxylic acids is 1.